The monoisotopic (exact) mass is 354 g/mol. The smallest absolute Gasteiger partial charge is 0.148 e. The third-order valence-corrected chi connectivity index (χ3v) is 4.00. The summed E-state index contributed by atoms with van der Waals surface area (Å²) in [6, 6.07) is 19.9. The number of nitriles is 3. The van der Waals surface area contributed by atoms with Crippen LogP contribution in [-0.4, -0.2) is 13.1 Å². The molecule has 2 aromatic rings. The number of hydrogen-bond donors (Lipinski definition) is 0. The quantitative estimate of drug-likeness (QED) is 0.521. The summed E-state index contributed by atoms with van der Waals surface area (Å²) in [4.78, 5) is 2.25. The minimum absolute atomic E-state index is 0.0514. The first-order valence-corrected chi connectivity index (χ1v) is 8.48. The lowest BCUT2D eigenvalue weighted by Crippen LogP contribution is -2.21. The van der Waals surface area contributed by atoms with Crippen molar-refractivity contribution in [3.05, 3.63) is 59.7 Å². The van der Waals surface area contributed by atoms with E-state index >= 15 is 0 Å². The second-order valence-electron chi connectivity index (χ2n) is 5.52. The summed E-state index contributed by atoms with van der Waals surface area (Å²) in [5.74, 6) is 0. The Balaban J connectivity index is 2.17. The van der Waals surface area contributed by atoms with Crippen LogP contribution in [0.3, 0.4) is 0 Å². The minimum atomic E-state index is -0.208. The van der Waals surface area contributed by atoms with Crippen molar-refractivity contribution in [2.24, 2.45) is 10.2 Å². The van der Waals surface area contributed by atoms with Gasteiger partial charge in [0.15, 0.2) is 0 Å². The highest BCUT2D eigenvalue weighted by Gasteiger charge is 2.08. The summed E-state index contributed by atoms with van der Waals surface area (Å²) in [5.41, 5.74) is 2.84. The average molecular weight is 354 g/mol. The van der Waals surface area contributed by atoms with E-state index in [2.05, 4.69) is 29.0 Å². The van der Waals surface area contributed by atoms with Gasteiger partial charge >= 0.3 is 0 Å². The van der Waals surface area contributed by atoms with Gasteiger partial charge in [-0.15, -0.1) is 0 Å². The summed E-state index contributed by atoms with van der Waals surface area (Å²) in [6.07, 6.45) is 0. The summed E-state index contributed by atoms with van der Waals surface area (Å²) in [7, 11) is 0. The van der Waals surface area contributed by atoms with E-state index in [1.807, 2.05) is 30.3 Å². The van der Waals surface area contributed by atoms with Crippen molar-refractivity contribution in [2.75, 3.05) is 18.0 Å². The van der Waals surface area contributed by atoms with Gasteiger partial charge in [-0.25, -0.2) is 0 Å². The standard InChI is InChI=1S/C21H18N6/c1-3-27(4-2)20-11-9-19(10-12-20)26-25-18-7-5-16(6-8-18)21(15-24)17(13-22)14-23/h5-12H,3-4H2,1-2H3. The number of allylic oxidation sites excluding steroid dienone is 2. The van der Waals surface area contributed by atoms with Crippen LogP contribution in [0, 0.1) is 34.0 Å². The van der Waals surface area contributed by atoms with E-state index in [0.29, 0.717) is 11.3 Å². The Morgan fingerprint density at radius 2 is 1.26 bits per heavy atom. The summed E-state index contributed by atoms with van der Waals surface area (Å²) in [6.45, 7) is 6.12. The molecule has 0 saturated heterocycles. The average Bonchev–Trinajstić information content (AvgIpc) is 2.72. The molecule has 0 N–H and O–H groups in total. The molecule has 0 aromatic heterocycles. The Kier molecular flexibility index (Phi) is 6.83. The molecule has 0 amide bonds. The zero-order chi connectivity index (χ0) is 19.6. The van der Waals surface area contributed by atoms with E-state index in [4.69, 9.17) is 10.5 Å². The molecule has 0 unspecified atom stereocenters. The van der Waals surface area contributed by atoms with Crippen LogP contribution in [0.5, 0.6) is 0 Å². The number of nitrogens with zero attached hydrogens (tertiary/aromatic N) is 6. The second-order valence-corrected chi connectivity index (χ2v) is 5.52. The first-order chi connectivity index (χ1) is 13.2. The highest BCUT2D eigenvalue weighted by molar-refractivity contribution is 5.84. The van der Waals surface area contributed by atoms with Gasteiger partial charge in [-0.3, -0.25) is 0 Å². The van der Waals surface area contributed by atoms with Gasteiger partial charge < -0.3 is 4.90 Å². The molecule has 0 bridgehead atoms. The fourth-order valence-corrected chi connectivity index (χ4v) is 2.53. The number of benzene rings is 2. The Morgan fingerprint density at radius 3 is 1.67 bits per heavy atom. The van der Waals surface area contributed by atoms with Crippen molar-refractivity contribution in [2.45, 2.75) is 13.8 Å². The predicted octanol–water partition coefficient (Wildman–Crippen LogP) is 5.27. The molecule has 6 nitrogen and oxygen atoms in total. The molecule has 27 heavy (non-hydrogen) atoms. The summed E-state index contributed by atoms with van der Waals surface area (Å²) < 4.78 is 0. The molecule has 0 heterocycles. The predicted molar refractivity (Wildman–Crippen MR) is 104 cm³/mol. The van der Waals surface area contributed by atoms with Crippen LogP contribution in [0.2, 0.25) is 0 Å². The van der Waals surface area contributed by atoms with Gasteiger partial charge in [0.2, 0.25) is 0 Å². The minimum Gasteiger partial charge on any atom is -0.372 e. The first kappa shape index (κ1) is 19.4. The van der Waals surface area contributed by atoms with Gasteiger partial charge in [-0.05, 0) is 55.8 Å². The molecule has 6 heteroatoms. The van der Waals surface area contributed by atoms with Crippen molar-refractivity contribution in [3.63, 3.8) is 0 Å². The maximum Gasteiger partial charge on any atom is 0.148 e. The van der Waals surface area contributed by atoms with Crippen LogP contribution in [-0.2, 0) is 0 Å². The lowest BCUT2D eigenvalue weighted by atomic mass is 10.0. The van der Waals surface area contributed by atoms with Crippen LogP contribution in [0.15, 0.2) is 64.3 Å². The number of anilines is 1. The van der Waals surface area contributed by atoms with E-state index < -0.39 is 0 Å². The van der Waals surface area contributed by atoms with E-state index in [-0.39, 0.29) is 11.1 Å². The first-order valence-electron chi connectivity index (χ1n) is 8.48. The van der Waals surface area contributed by atoms with Gasteiger partial charge in [0.05, 0.1) is 16.9 Å². The fourth-order valence-electron chi connectivity index (χ4n) is 2.53. The molecule has 0 radical (unpaired) electrons. The Bertz CT molecular complexity index is 944. The van der Waals surface area contributed by atoms with Crippen LogP contribution in [0.25, 0.3) is 5.57 Å². The van der Waals surface area contributed by atoms with Gasteiger partial charge in [0.1, 0.15) is 23.8 Å². The van der Waals surface area contributed by atoms with Crippen molar-refractivity contribution in [1.82, 2.24) is 0 Å². The van der Waals surface area contributed by atoms with E-state index in [0.717, 1.165) is 24.5 Å². The molecule has 0 aliphatic heterocycles. The molecule has 0 atom stereocenters. The molecule has 0 spiro atoms. The lowest BCUT2D eigenvalue weighted by molar-refractivity contribution is 0.866. The fraction of sp³-hybridized carbons (Fsp3) is 0.190. The van der Waals surface area contributed by atoms with Crippen LogP contribution in [0.4, 0.5) is 17.1 Å². The molecule has 2 rings (SSSR count). The Morgan fingerprint density at radius 1 is 0.778 bits per heavy atom. The SMILES string of the molecule is CCN(CC)c1ccc(N=Nc2ccc(C(C#N)=C(C#N)C#N)cc2)cc1. The van der Waals surface area contributed by atoms with Gasteiger partial charge in [-0.2, -0.15) is 26.0 Å². The third-order valence-electron chi connectivity index (χ3n) is 4.00. The van der Waals surface area contributed by atoms with Crippen molar-refractivity contribution < 1.29 is 0 Å². The van der Waals surface area contributed by atoms with Crippen LogP contribution < -0.4 is 4.90 Å². The van der Waals surface area contributed by atoms with Gasteiger partial charge in [0, 0.05) is 18.8 Å². The zero-order valence-electron chi connectivity index (χ0n) is 15.2. The number of azo groups is 1. The number of rotatable bonds is 6. The summed E-state index contributed by atoms with van der Waals surface area (Å²) in [5, 5.41) is 35.4. The normalized spacial score (nSPS) is 9.89. The highest BCUT2D eigenvalue weighted by atomic mass is 15.1. The van der Waals surface area contributed by atoms with Crippen molar-refractivity contribution in [3.8, 4) is 18.2 Å². The van der Waals surface area contributed by atoms with Crippen molar-refractivity contribution in [1.29, 1.82) is 15.8 Å². The van der Waals surface area contributed by atoms with E-state index in [1.54, 1.807) is 36.4 Å². The molecular weight excluding hydrogens is 336 g/mol. The molecular formula is C21H18N6. The topological polar surface area (TPSA) is 99.3 Å². The van der Waals surface area contributed by atoms with Crippen molar-refractivity contribution >= 4 is 22.6 Å². The molecule has 2 aromatic carbocycles. The molecule has 0 fully saturated rings. The number of hydrogen-bond acceptors (Lipinski definition) is 6. The van der Waals surface area contributed by atoms with Crippen LogP contribution in [0.1, 0.15) is 19.4 Å². The van der Waals surface area contributed by atoms with Gasteiger partial charge in [-0.1, -0.05) is 12.1 Å². The molecule has 0 aliphatic rings. The molecule has 132 valence electrons. The summed E-state index contributed by atoms with van der Waals surface area (Å²) >= 11 is 0. The lowest BCUT2D eigenvalue weighted by Gasteiger charge is -2.20. The largest absolute Gasteiger partial charge is 0.372 e. The Hall–Kier alpha value is -3.95. The Labute approximate surface area is 158 Å². The highest BCUT2D eigenvalue weighted by Crippen LogP contribution is 2.24. The van der Waals surface area contributed by atoms with E-state index in [9.17, 15) is 5.26 Å². The second kappa shape index (κ2) is 9.51. The van der Waals surface area contributed by atoms with E-state index in [1.165, 1.54) is 0 Å². The maximum atomic E-state index is 9.18. The molecule has 0 saturated carbocycles. The molecule has 0 aliphatic carbocycles. The third kappa shape index (κ3) is 4.78. The maximum absolute atomic E-state index is 9.18. The van der Waals surface area contributed by atoms with Crippen LogP contribution >= 0.6 is 0 Å². The zero-order valence-corrected chi connectivity index (χ0v) is 15.2. The van der Waals surface area contributed by atoms with Gasteiger partial charge in [0.25, 0.3) is 0 Å².